The van der Waals surface area contributed by atoms with Gasteiger partial charge in [-0.2, -0.15) is 0 Å². The summed E-state index contributed by atoms with van der Waals surface area (Å²) in [6.07, 6.45) is 5.81. The summed E-state index contributed by atoms with van der Waals surface area (Å²) in [6, 6.07) is 6.50. The largest absolute Gasteiger partial charge is 0.467 e. The maximum Gasteiger partial charge on any atom is 0.258 e. The van der Waals surface area contributed by atoms with E-state index in [2.05, 4.69) is 15.3 Å². The third kappa shape index (κ3) is 3.53. The summed E-state index contributed by atoms with van der Waals surface area (Å²) in [6.45, 7) is -0.0820. The van der Waals surface area contributed by atoms with Gasteiger partial charge < -0.3 is 10.1 Å². The van der Waals surface area contributed by atoms with Crippen molar-refractivity contribution in [2.75, 3.05) is 6.61 Å². The van der Waals surface area contributed by atoms with Gasteiger partial charge in [0.1, 0.15) is 17.0 Å². The molecular formula is C19H18FN3O2S. The fourth-order valence-corrected chi connectivity index (χ4v) is 4.18. The second-order valence-corrected chi connectivity index (χ2v) is 7.21. The molecular weight excluding hydrogens is 353 g/mol. The molecule has 1 saturated carbocycles. The predicted octanol–water partition coefficient (Wildman–Crippen LogP) is 3.94. The van der Waals surface area contributed by atoms with Crippen molar-refractivity contribution < 1.29 is 13.9 Å². The first kappa shape index (κ1) is 16.9. The topological polar surface area (TPSA) is 64.1 Å². The van der Waals surface area contributed by atoms with Crippen LogP contribution in [-0.4, -0.2) is 28.5 Å². The molecule has 1 aliphatic carbocycles. The van der Waals surface area contributed by atoms with Crippen LogP contribution < -0.4 is 10.1 Å². The van der Waals surface area contributed by atoms with Crippen LogP contribution in [0.3, 0.4) is 0 Å². The second-order valence-electron chi connectivity index (χ2n) is 6.35. The van der Waals surface area contributed by atoms with Gasteiger partial charge in [0.15, 0.2) is 6.61 Å². The quantitative estimate of drug-likeness (QED) is 0.738. The zero-order valence-electron chi connectivity index (χ0n) is 14.1. The Morgan fingerprint density at radius 1 is 1.23 bits per heavy atom. The molecule has 1 N–H and O–H groups in total. The molecule has 2 heterocycles. The number of hydrogen-bond donors (Lipinski definition) is 1. The zero-order valence-corrected chi connectivity index (χ0v) is 14.9. The molecule has 3 aromatic rings. The number of thiophene rings is 1. The minimum Gasteiger partial charge on any atom is -0.467 e. The first-order valence-corrected chi connectivity index (χ1v) is 9.49. The number of ether oxygens (including phenoxy) is 1. The minimum atomic E-state index is -0.287. The Morgan fingerprint density at radius 3 is 2.77 bits per heavy atom. The summed E-state index contributed by atoms with van der Waals surface area (Å²) < 4.78 is 18.9. The molecule has 4 rings (SSSR count). The van der Waals surface area contributed by atoms with Gasteiger partial charge in [0.2, 0.25) is 5.88 Å². The number of carbonyl (C=O) groups is 1. The highest BCUT2D eigenvalue weighted by atomic mass is 32.1. The van der Waals surface area contributed by atoms with E-state index in [4.69, 9.17) is 4.74 Å². The van der Waals surface area contributed by atoms with Gasteiger partial charge in [0.05, 0.1) is 5.39 Å². The number of nitrogens with zero attached hydrogens (tertiary/aromatic N) is 2. The number of carbonyl (C=O) groups excluding carboxylic acids is 1. The molecule has 0 spiro atoms. The summed E-state index contributed by atoms with van der Waals surface area (Å²) in [7, 11) is 0. The first-order valence-electron chi connectivity index (χ1n) is 8.61. The van der Waals surface area contributed by atoms with Gasteiger partial charge in [-0.3, -0.25) is 4.79 Å². The van der Waals surface area contributed by atoms with E-state index in [0.29, 0.717) is 5.88 Å². The highest BCUT2D eigenvalue weighted by molar-refractivity contribution is 7.17. The van der Waals surface area contributed by atoms with E-state index < -0.39 is 0 Å². The second kappa shape index (κ2) is 7.37. The average Bonchev–Trinajstić information content (AvgIpc) is 3.30. The van der Waals surface area contributed by atoms with Crippen LogP contribution in [0.1, 0.15) is 25.7 Å². The number of aromatic nitrogens is 2. The van der Waals surface area contributed by atoms with E-state index in [1.807, 2.05) is 5.38 Å². The number of nitrogens with one attached hydrogen (secondary N) is 1. The van der Waals surface area contributed by atoms with Gasteiger partial charge in [0, 0.05) is 17.0 Å². The maximum absolute atomic E-state index is 13.2. The highest BCUT2D eigenvalue weighted by Crippen LogP contribution is 2.37. The van der Waals surface area contributed by atoms with Crippen LogP contribution in [0.2, 0.25) is 0 Å². The Hall–Kier alpha value is -2.54. The number of fused-ring (bicyclic) bond motifs is 1. The van der Waals surface area contributed by atoms with Gasteiger partial charge in [-0.1, -0.05) is 25.0 Å². The molecule has 0 radical (unpaired) electrons. The van der Waals surface area contributed by atoms with Gasteiger partial charge >= 0.3 is 0 Å². The number of hydrogen-bond acceptors (Lipinski definition) is 5. The lowest BCUT2D eigenvalue weighted by Crippen LogP contribution is -2.36. The number of amides is 1. The van der Waals surface area contributed by atoms with Crippen molar-refractivity contribution in [1.29, 1.82) is 0 Å². The lowest BCUT2D eigenvalue weighted by atomic mass is 10.1. The van der Waals surface area contributed by atoms with Crippen LogP contribution in [0.15, 0.2) is 36.0 Å². The summed E-state index contributed by atoms with van der Waals surface area (Å²) in [5, 5.41) is 5.69. The van der Waals surface area contributed by atoms with Crippen LogP contribution in [-0.2, 0) is 4.79 Å². The lowest BCUT2D eigenvalue weighted by molar-refractivity contribution is -0.123. The minimum absolute atomic E-state index is 0.0820. The Balaban J connectivity index is 1.56. The van der Waals surface area contributed by atoms with Gasteiger partial charge in [0.25, 0.3) is 5.91 Å². The van der Waals surface area contributed by atoms with Crippen molar-refractivity contribution in [3.05, 3.63) is 41.8 Å². The van der Waals surface area contributed by atoms with Crippen molar-refractivity contribution in [1.82, 2.24) is 15.3 Å². The molecule has 1 fully saturated rings. The third-order valence-electron chi connectivity index (χ3n) is 4.55. The molecule has 0 saturated heterocycles. The summed E-state index contributed by atoms with van der Waals surface area (Å²) in [5.74, 6) is -0.0519. The fraction of sp³-hybridized carbons (Fsp3) is 0.316. The van der Waals surface area contributed by atoms with Crippen LogP contribution in [0.25, 0.3) is 21.3 Å². The molecule has 0 atom stereocenters. The highest BCUT2D eigenvalue weighted by Gasteiger charge is 2.19. The predicted molar refractivity (Wildman–Crippen MR) is 98.7 cm³/mol. The van der Waals surface area contributed by atoms with Crippen molar-refractivity contribution in [2.45, 2.75) is 31.7 Å². The molecule has 7 heteroatoms. The van der Waals surface area contributed by atoms with Gasteiger partial charge in [-0.25, -0.2) is 14.4 Å². The van der Waals surface area contributed by atoms with E-state index in [9.17, 15) is 9.18 Å². The van der Waals surface area contributed by atoms with Crippen LogP contribution in [0.4, 0.5) is 4.39 Å². The normalized spacial score (nSPS) is 14.7. The van der Waals surface area contributed by atoms with E-state index in [-0.39, 0.29) is 24.4 Å². The SMILES string of the molecule is O=C(COc1ncnc2scc(-c3ccc(F)cc3)c12)NC1CCCC1. The molecule has 0 unspecified atom stereocenters. The van der Waals surface area contributed by atoms with Crippen LogP contribution in [0.5, 0.6) is 5.88 Å². The zero-order chi connectivity index (χ0) is 17.9. The number of benzene rings is 1. The molecule has 5 nitrogen and oxygen atoms in total. The molecule has 0 bridgehead atoms. The Morgan fingerprint density at radius 2 is 2.00 bits per heavy atom. The Kier molecular flexibility index (Phi) is 4.79. The van der Waals surface area contributed by atoms with Crippen molar-refractivity contribution in [2.24, 2.45) is 0 Å². The smallest absolute Gasteiger partial charge is 0.258 e. The van der Waals surface area contributed by atoms with E-state index in [1.54, 1.807) is 12.1 Å². The third-order valence-corrected chi connectivity index (χ3v) is 5.44. The Labute approximate surface area is 154 Å². The van der Waals surface area contributed by atoms with E-state index >= 15 is 0 Å². The van der Waals surface area contributed by atoms with Crippen molar-refractivity contribution >= 4 is 27.5 Å². The summed E-state index contributed by atoms with van der Waals surface area (Å²) in [5.41, 5.74) is 1.73. The summed E-state index contributed by atoms with van der Waals surface area (Å²) >= 11 is 1.46. The average molecular weight is 371 g/mol. The van der Waals surface area contributed by atoms with Crippen molar-refractivity contribution in [3.63, 3.8) is 0 Å². The molecule has 134 valence electrons. The molecule has 1 amide bonds. The van der Waals surface area contributed by atoms with Gasteiger partial charge in [-0.05, 0) is 30.5 Å². The molecule has 0 aliphatic heterocycles. The molecule has 2 aromatic heterocycles. The lowest BCUT2D eigenvalue weighted by Gasteiger charge is -2.12. The maximum atomic E-state index is 13.2. The first-order chi connectivity index (χ1) is 12.7. The summed E-state index contributed by atoms with van der Waals surface area (Å²) in [4.78, 5) is 21.4. The number of rotatable bonds is 5. The Bertz CT molecular complexity index is 920. The monoisotopic (exact) mass is 371 g/mol. The molecule has 1 aromatic carbocycles. The standard InChI is InChI=1S/C19H18FN3O2S/c20-13-7-5-12(6-8-13)15-10-26-19-17(15)18(21-11-22-19)25-9-16(24)23-14-3-1-2-4-14/h5-8,10-11,14H,1-4,9H2,(H,23,24). The molecule has 1 aliphatic rings. The van der Waals surface area contributed by atoms with Crippen LogP contribution in [0, 0.1) is 5.82 Å². The van der Waals surface area contributed by atoms with Crippen LogP contribution >= 0.6 is 11.3 Å². The van der Waals surface area contributed by atoms with Crippen molar-refractivity contribution in [3.8, 4) is 17.0 Å². The molecule has 26 heavy (non-hydrogen) atoms. The fourth-order valence-electron chi connectivity index (χ4n) is 3.27. The van der Waals surface area contributed by atoms with E-state index in [0.717, 1.165) is 47.0 Å². The van der Waals surface area contributed by atoms with Gasteiger partial charge in [-0.15, -0.1) is 11.3 Å². The van der Waals surface area contributed by atoms with E-state index in [1.165, 1.54) is 29.8 Å². The number of halogens is 1.